The van der Waals surface area contributed by atoms with Crippen molar-refractivity contribution < 1.29 is 41.8 Å². The summed E-state index contributed by atoms with van der Waals surface area (Å²) in [6.07, 6.45) is -5.51. The number of esters is 2. The first-order valence-electron chi connectivity index (χ1n) is 15.7. The minimum Gasteiger partial charge on any atom is -0.458 e. The fourth-order valence-electron chi connectivity index (χ4n) is 4.90. The first kappa shape index (κ1) is 37.4. The molecule has 0 spiro atoms. The molecule has 2 aromatic carbocycles. The van der Waals surface area contributed by atoms with Crippen molar-refractivity contribution >= 4 is 61.7 Å². The van der Waals surface area contributed by atoms with E-state index < -0.39 is 52.6 Å². The molecule has 0 aliphatic carbocycles. The Hall–Kier alpha value is -4.83. The number of nitrogens with zero attached hydrogens (tertiary/aromatic N) is 3. The van der Waals surface area contributed by atoms with E-state index in [1.54, 1.807) is 76.6 Å². The quantitative estimate of drug-likeness (QED) is 0.124. The fraction of sp³-hybridized carbons (Fsp3) is 0.371. The number of alkyl carbamates (subject to hydrolysis) is 1. The third-order valence-corrected chi connectivity index (χ3v) is 8.78. The molecule has 3 heterocycles. The number of amides is 1. The maximum atomic E-state index is 13.2. The zero-order valence-corrected chi connectivity index (χ0v) is 30.2. The highest BCUT2D eigenvalue weighted by molar-refractivity contribution is 7.18. The summed E-state index contributed by atoms with van der Waals surface area (Å²) in [6.45, 7) is 10.2. The number of carbonyl (C=O) groups is 3. The molecule has 16 heteroatoms. The Morgan fingerprint density at radius 1 is 0.922 bits per heavy atom. The summed E-state index contributed by atoms with van der Waals surface area (Å²) in [5.41, 5.74) is -1.75. The molecule has 51 heavy (non-hydrogen) atoms. The summed E-state index contributed by atoms with van der Waals surface area (Å²) >= 11 is 2.40. The third kappa shape index (κ3) is 9.91. The third-order valence-electron chi connectivity index (χ3n) is 7.01. The first-order valence-corrected chi connectivity index (χ1v) is 17.4. The van der Waals surface area contributed by atoms with Crippen molar-refractivity contribution in [2.75, 3.05) is 0 Å². The normalized spacial score (nSPS) is 12.9. The molecular formula is C35H35F3N4O7S2. The van der Waals surface area contributed by atoms with Crippen molar-refractivity contribution in [3.8, 4) is 5.75 Å². The lowest BCUT2D eigenvalue weighted by Crippen LogP contribution is -2.47. The van der Waals surface area contributed by atoms with Gasteiger partial charge in [0.05, 0.1) is 39.8 Å². The Labute approximate surface area is 298 Å². The van der Waals surface area contributed by atoms with Gasteiger partial charge in [-0.1, -0.05) is 12.1 Å². The number of ether oxygens (including phenoxy) is 3. The molecule has 0 radical (unpaired) electrons. The van der Waals surface area contributed by atoms with Gasteiger partial charge in [-0.15, -0.1) is 11.3 Å². The Balaban J connectivity index is 1.29. The maximum absolute atomic E-state index is 13.2. The standard InChI is InChI=1S/C35H35F3N4O7S2/c1-33(2,3)48-31(45)26(40-32(46)49-34(4,5)6)13-19-7-10-21(11-8-19)47-29(43)15-24-22-17-50-18-23(22)30(44)42(41-24)16-28-39-25-14-20(35(36,37)38)9-12-27(25)51-28/h7-12,14,17-18,26H,13,15-16H2,1-6H3,(H,40,46)/t26-/m0/s1. The molecule has 1 atom stereocenters. The van der Waals surface area contributed by atoms with Gasteiger partial charge in [-0.2, -0.15) is 29.6 Å². The predicted octanol–water partition coefficient (Wildman–Crippen LogP) is 7.06. The second-order valence-electron chi connectivity index (χ2n) is 13.6. The van der Waals surface area contributed by atoms with E-state index in [1.807, 2.05) is 0 Å². The number of alkyl halides is 3. The van der Waals surface area contributed by atoms with Crippen molar-refractivity contribution in [2.24, 2.45) is 0 Å². The van der Waals surface area contributed by atoms with Crippen LogP contribution < -0.4 is 15.6 Å². The molecule has 0 aliphatic rings. The minimum atomic E-state index is -4.52. The monoisotopic (exact) mass is 744 g/mol. The SMILES string of the molecule is CC(C)(C)OC(=O)N[C@@H](Cc1ccc(OC(=O)Cc2nn(Cc3nc4cc(C(F)(F)F)ccc4s3)c(=O)c3cscc23)cc1)C(=O)OC(C)(C)C. The number of fused-ring (bicyclic) bond motifs is 2. The average Bonchev–Trinajstić information content (AvgIpc) is 3.65. The largest absolute Gasteiger partial charge is 0.458 e. The van der Waals surface area contributed by atoms with Crippen molar-refractivity contribution in [1.29, 1.82) is 0 Å². The number of hydrogen-bond acceptors (Lipinski definition) is 11. The van der Waals surface area contributed by atoms with Crippen molar-refractivity contribution in [3.05, 3.63) is 85.4 Å². The van der Waals surface area contributed by atoms with E-state index in [9.17, 15) is 32.3 Å². The number of hydrogen-bond donors (Lipinski definition) is 1. The lowest BCUT2D eigenvalue weighted by molar-refractivity contribution is -0.157. The highest BCUT2D eigenvalue weighted by Crippen LogP contribution is 2.33. The zero-order chi connectivity index (χ0) is 37.3. The Bertz CT molecular complexity index is 2140. The molecule has 0 fully saturated rings. The van der Waals surface area contributed by atoms with E-state index in [4.69, 9.17) is 14.2 Å². The van der Waals surface area contributed by atoms with Crippen LogP contribution in [0.3, 0.4) is 0 Å². The van der Waals surface area contributed by atoms with E-state index in [0.29, 0.717) is 26.0 Å². The molecule has 5 rings (SSSR count). The number of halogens is 3. The summed E-state index contributed by atoms with van der Waals surface area (Å²) < 4.78 is 57.6. The summed E-state index contributed by atoms with van der Waals surface area (Å²) in [5, 5.41) is 11.5. The Morgan fingerprint density at radius 2 is 1.59 bits per heavy atom. The van der Waals surface area contributed by atoms with Gasteiger partial charge in [0.25, 0.3) is 5.56 Å². The van der Waals surface area contributed by atoms with Crippen molar-refractivity contribution in [2.45, 2.75) is 84.3 Å². The second-order valence-corrected chi connectivity index (χ2v) is 15.5. The lowest BCUT2D eigenvalue weighted by Gasteiger charge is -2.26. The lowest BCUT2D eigenvalue weighted by atomic mass is 10.1. The van der Waals surface area contributed by atoms with Crippen LogP contribution in [-0.4, -0.2) is 50.0 Å². The van der Waals surface area contributed by atoms with Gasteiger partial charge in [0.1, 0.15) is 28.0 Å². The van der Waals surface area contributed by atoms with Gasteiger partial charge in [-0.05, 0) is 77.4 Å². The molecule has 3 aromatic heterocycles. The van der Waals surface area contributed by atoms with Crippen LogP contribution >= 0.6 is 22.7 Å². The summed E-state index contributed by atoms with van der Waals surface area (Å²) in [5.74, 6) is -1.10. The van der Waals surface area contributed by atoms with Crippen LogP contribution in [0.15, 0.2) is 58.0 Å². The summed E-state index contributed by atoms with van der Waals surface area (Å²) in [4.78, 5) is 56.0. The Morgan fingerprint density at radius 3 is 2.24 bits per heavy atom. The van der Waals surface area contributed by atoms with E-state index in [-0.39, 0.29) is 36.3 Å². The number of benzene rings is 2. The molecule has 0 saturated carbocycles. The Kier molecular flexibility index (Phi) is 10.6. The smallest absolute Gasteiger partial charge is 0.416 e. The zero-order valence-electron chi connectivity index (χ0n) is 28.5. The molecule has 0 saturated heterocycles. The molecular weight excluding hydrogens is 710 g/mol. The van der Waals surface area contributed by atoms with Gasteiger partial charge in [0, 0.05) is 22.6 Å². The molecule has 11 nitrogen and oxygen atoms in total. The highest BCUT2D eigenvalue weighted by Gasteiger charge is 2.31. The highest BCUT2D eigenvalue weighted by atomic mass is 32.1. The van der Waals surface area contributed by atoms with E-state index in [1.165, 1.54) is 17.4 Å². The molecule has 1 N–H and O–H groups in total. The molecule has 0 bridgehead atoms. The summed E-state index contributed by atoms with van der Waals surface area (Å²) in [7, 11) is 0. The average molecular weight is 745 g/mol. The topological polar surface area (TPSA) is 139 Å². The molecule has 0 unspecified atom stereocenters. The van der Waals surface area contributed by atoms with Crippen LogP contribution in [-0.2, 0) is 44.6 Å². The number of thiazole rings is 1. The van der Waals surface area contributed by atoms with Gasteiger partial charge in [0.2, 0.25) is 0 Å². The van der Waals surface area contributed by atoms with Crippen LogP contribution in [0.1, 0.15) is 63.4 Å². The molecule has 1 amide bonds. The van der Waals surface area contributed by atoms with Crippen LogP contribution in [0.5, 0.6) is 5.75 Å². The predicted molar refractivity (Wildman–Crippen MR) is 186 cm³/mol. The number of rotatable bonds is 9. The van der Waals surface area contributed by atoms with Gasteiger partial charge >= 0.3 is 24.2 Å². The van der Waals surface area contributed by atoms with E-state index in [0.717, 1.165) is 28.2 Å². The van der Waals surface area contributed by atoms with Crippen LogP contribution in [0, 0.1) is 0 Å². The van der Waals surface area contributed by atoms with Crippen molar-refractivity contribution in [3.63, 3.8) is 0 Å². The van der Waals surface area contributed by atoms with Crippen LogP contribution in [0.4, 0.5) is 18.0 Å². The first-order chi connectivity index (χ1) is 23.7. The van der Waals surface area contributed by atoms with E-state index in [2.05, 4.69) is 15.4 Å². The second kappa shape index (κ2) is 14.4. The molecule has 5 aromatic rings. The van der Waals surface area contributed by atoms with Gasteiger partial charge < -0.3 is 19.5 Å². The number of aromatic nitrogens is 3. The number of nitrogens with one attached hydrogen (secondary N) is 1. The number of carbonyl (C=O) groups excluding carboxylic acids is 3. The van der Waals surface area contributed by atoms with Crippen LogP contribution in [0.2, 0.25) is 0 Å². The molecule has 270 valence electrons. The van der Waals surface area contributed by atoms with Crippen molar-refractivity contribution in [1.82, 2.24) is 20.1 Å². The number of thiophene rings is 1. The van der Waals surface area contributed by atoms with Gasteiger partial charge in [-0.25, -0.2) is 19.3 Å². The maximum Gasteiger partial charge on any atom is 0.416 e. The molecule has 0 aliphatic heterocycles. The van der Waals surface area contributed by atoms with Gasteiger partial charge in [0.15, 0.2) is 0 Å². The van der Waals surface area contributed by atoms with Gasteiger partial charge in [-0.3, -0.25) is 9.59 Å². The minimum absolute atomic E-state index is 0.0716. The van der Waals surface area contributed by atoms with Crippen LogP contribution in [0.25, 0.3) is 21.0 Å². The fourth-order valence-corrected chi connectivity index (χ4v) is 6.67. The summed E-state index contributed by atoms with van der Waals surface area (Å²) in [6, 6.07) is 8.59. The van der Waals surface area contributed by atoms with E-state index >= 15 is 0 Å².